The van der Waals surface area contributed by atoms with Crippen LogP contribution in [0.15, 0.2) is 29.2 Å². The summed E-state index contributed by atoms with van der Waals surface area (Å²) in [5.41, 5.74) is 0.549. The van der Waals surface area contributed by atoms with Crippen molar-refractivity contribution in [3.05, 3.63) is 29.8 Å². The van der Waals surface area contributed by atoms with E-state index in [-0.39, 0.29) is 29.3 Å². The van der Waals surface area contributed by atoms with Gasteiger partial charge in [0.2, 0.25) is 0 Å². The van der Waals surface area contributed by atoms with E-state index >= 15 is 0 Å². The van der Waals surface area contributed by atoms with Crippen molar-refractivity contribution in [1.82, 2.24) is 10.2 Å². The van der Waals surface area contributed by atoms with E-state index in [0.717, 1.165) is 32.5 Å². The van der Waals surface area contributed by atoms with Gasteiger partial charge in [-0.3, -0.25) is 4.79 Å². The molecular weight excluding hydrogens is 348 g/mol. The molecule has 1 atom stereocenters. The van der Waals surface area contributed by atoms with Crippen molar-refractivity contribution >= 4 is 28.2 Å². The molecule has 1 fully saturated rings. The standard InChI is InChI=1S/C17H26N2O3S.ClH/c1-4-11-19(15-9-10-18-12-15)17(20)14-5-7-16(8-6-14)23(21,22)13(2)3;/h5-8,13,15,18H,4,9-12H2,1-3H3;1H. The fraction of sp³-hybridized carbons (Fsp3) is 0.588. The van der Waals surface area contributed by atoms with Crippen LogP contribution in [0.2, 0.25) is 0 Å². The number of carbonyl (C=O) groups excluding carboxylic acids is 1. The van der Waals surface area contributed by atoms with Gasteiger partial charge in [0.05, 0.1) is 10.1 Å². The van der Waals surface area contributed by atoms with Gasteiger partial charge in [-0.2, -0.15) is 0 Å². The van der Waals surface area contributed by atoms with Crippen molar-refractivity contribution in [2.75, 3.05) is 19.6 Å². The third-order valence-electron chi connectivity index (χ3n) is 4.25. The summed E-state index contributed by atoms with van der Waals surface area (Å²) < 4.78 is 24.3. The predicted octanol–water partition coefficient (Wildman–Crippen LogP) is 2.50. The Morgan fingerprint density at radius 1 is 1.29 bits per heavy atom. The minimum atomic E-state index is -3.30. The molecule has 2 rings (SSSR count). The van der Waals surface area contributed by atoms with E-state index in [4.69, 9.17) is 0 Å². The Balaban J connectivity index is 0.00000288. The summed E-state index contributed by atoms with van der Waals surface area (Å²) in [4.78, 5) is 14.9. The zero-order valence-electron chi connectivity index (χ0n) is 14.5. The van der Waals surface area contributed by atoms with Gasteiger partial charge in [0.15, 0.2) is 9.84 Å². The molecule has 1 aromatic carbocycles. The minimum Gasteiger partial charge on any atom is -0.334 e. The number of amides is 1. The second-order valence-electron chi connectivity index (χ2n) is 6.26. The van der Waals surface area contributed by atoms with E-state index in [1.807, 2.05) is 4.90 Å². The molecule has 0 radical (unpaired) electrons. The molecule has 136 valence electrons. The van der Waals surface area contributed by atoms with Gasteiger partial charge in [-0.05, 0) is 57.5 Å². The number of nitrogens with zero attached hydrogens (tertiary/aromatic N) is 1. The van der Waals surface area contributed by atoms with Gasteiger partial charge >= 0.3 is 0 Å². The Kier molecular flexibility index (Phi) is 7.70. The summed E-state index contributed by atoms with van der Waals surface area (Å²) in [6.07, 6.45) is 1.87. The number of halogens is 1. The molecule has 1 unspecified atom stereocenters. The Morgan fingerprint density at radius 2 is 1.92 bits per heavy atom. The molecule has 0 saturated carbocycles. The number of benzene rings is 1. The topological polar surface area (TPSA) is 66.5 Å². The number of hydrogen-bond donors (Lipinski definition) is 1. The lowest BCUT2D eigenvalue weighted by molar-refractivity contribution is 0.0692. The molecule has 1 heterocycles. The van der Waals surface area contributed by atoms with Crippen molar-refractivity contribution < 1.29 is 13.2 Å². The fourth-order valence-electron chi connectivity index (χ4n) is 2.82. The first-order chi connectivity index (χ1) is 10.9. The summed E-state index contributed by atoms with van der Waals surface area (Å²) >= 11 is 0. The lowest BCUT2D eigenvalue weighted by Gasteiger charge is -2.28. The second kappa shape index (κ2) is 8.83. The largest absolute Gasteiger partial charge is 0.334 e. The summed E-state index contributed by atoms with van der Waals surface area (Å²) in [5, 5.41) is 2.82. The van der Waals surface area contributed by atoms with E-state index < -0.39 is 15.1 Å². The highest BCUT2D eigenvalue weighted by Crippen LogP contribution is 2.19. The fourth-order valence-corrected chi connectivity index (χ4v) is 3.88. The Bertz CT molecular complexity index is 638. The molecule has 1 aliphatic rings. The van der Waals surface area contributed by atoms with Crippen LogP contribution >= 0.6 is 12.4 Å². The molecule has 24 heavy (non-hydrogen) atoms. The average Bonchev–Trinajstić information content (AvgIpc) is 3.06. The molecule has 0 spiro atoms. The molecule has 1 N–H and O–H groups in total. The highest BCUT2D eigenvalue weighted by atomic mass is 35.5. The number of carbonyl (C=O) groups is 1. The molecule has 0 bridgehead atoms. The second-order valence-corrected chi connectivity index (χ2v) is 8.77. The predicted molar refractivity (Wildman–Crippen MR) is 98.6 cm³/mol. The SMILES string of the molecule is CCCN(C(=O)c1ccc(S(=O)(=O)C(C)C)cc1)C1CCNC1.Cl. The van der Waals surface area contributed by atoms with E-state index in [9.17, 15) is 13.2 Å². The maximum Gasteiger partial charge on any atom is 0.254 e. The smallest absolute Gasteiger partial charge is 0.254 e. The quantitative estimate of drug-likeness (QED) is 0.830. The van der Waals surface area contributed by atoms with E-state index in [2.05, 4.69) is 12.2 Å². The Labute approximate surface area is 151 Å². The molecule has 0 aliphatic carbocycles. The molecule has 7 heteroatoms. The molecule has 1 aromatic rings. The molecule has 1 aliphatic heterocycles. The van der Waals surface area contributed by atoms with Crippen molar-refractivity contribution in [3.8, 4) is 0 Å². The molecular formula is C17H27ClN2O3S. The number of hydrogen-bond acceptors (Lipinski definition) is 4. The highest BCUT2D eigenvalue weighted by molar-refractivity contribution is 7.92. The Morgan fingerprint density at radius 3 is 2.38 bits per heavy atom. The van der Waals surface area contributed by atoms with Crippen molar-refractivity contribution in [2.45, 2.75) is 49.8 Å². The van der Waals surface area contributed by atoms with Gasteiger partial charge in [0.1, 0.15) is 0 Å². The summed E-state index contributed by atoms with van der Waals surface area (Å²) in [6.45, 7) is 7.85. The van der Waals surface area contributed by atoms with Crippen LogP contribution in [0.5, 0.6) is 0 Å². The van der Waals surface area contributed by atoms with Crippen LogP contribution in [0.1, 0.15) is 44.0 Å². The number of rotatable bonds is 6. The first-order valence-electron chi connectivity index (χ1n) is 8.23. The van der Waals surface area contributed by atoms with Crippen LogP contribution in [-0.4, -0.2) is 50.2 Å². The van der Waals surface area contributed by atoms with Crippen LogP contribution in [0.3, 0.4) is 0 Å². The zero-order chi connectivity index (χ0) is 17.0. The molecule has 1 saturated heterocycles. The monoisotopic (exact) mass is 374 g/mol. The minimum absolute atomic E-state index is 0. The normalized spacial score (nSPS) is 17.6. The van der Waals surface area contributed by atoms with Gasteiger partial charge in [0.25, 0.3) is 5.91 Å². The highest BCUT2D eigenvalue weighted by Gasteiger charge is 2.27. The molecule has 1 amide bonds. The van der Waals surface area contributed by atoms with E-state index in [1.54, 1.807) is 38.1 Å². The zero-order valence-corrected chi connectivity index (χ0v) is 16.1. The van der Waals surface area contributed by atoms with Crippen LogP contribution < -0.4 is 5.32 Å². The lowest BCUT2D eigenvalue weighted by Crippen LogP contribution is -2.42. The van der Waals surface area contributed by atoms with Crippen molar-refractivity contribution in [3.63, 3.8) is 0 Å². The first kappa shape index (κ1) is 20.9. The lowest BCUT2D eigenvalue weighted by atomic mass is 10.1. The van der Waals surface area contributed by atoms with E-state index in [1.165, 1.54) is 0 Å². The number of sulfone groups is 1. The molecule has 5 nitrogen and oxygen atoms in total. The Hall–Kier alpha value is -1.11. The van der Waals surface area contributed by atoms with Gasteiger partial charge in [0, 0.05) is 24.7 Å². The van der Waals surface area contributed by atoms with Crippen LogP contribution in [-0.2, 0) is 9.84 Å². The molecule has 0 aromatic heterocycles. The maximum absolute atomic E-state index is 12.8. The van der Waals surface area contributed by atoms with E-state index in [0.29, 0.717) is 5.56 Å². The van der Waals surface area contributed by atoms with Gasteiger partial charge in [-0.25, -0.2) is 8.42 Å². The summed E-state index contributed by atoms with van der Waals surface area (Å²) in [5.74, 6) is -0.0194. The average molecular weight is 375 g/mol. The van der Waals surface area contributed by atoms with Gasteiger partial charge in [-0.1, -0.05) is 6.92 Å². The number of nitrogens with one attached hydrogen (secondary N) is 1. The summed E-state index contributed by atoms with van der Waals surface area (Å²) in [6, 6.07) is 6.56. The third kappa shape index (κ3) is 4.49. The van der Waals surface area contributed by atoms with Crippen LogP contribution in [0.4, 0.5) is 0 Å². The van der Waals surface area contributed by atoms with Crippen molar-refractivity contribution in [2.24, 2.45) is 0 Å². The van der Waals surface area contributed by atoms with Gasteiger partial charge in [-0.15, -0.1) is 12.4 Å². The first-order valence-corrected chi connectivity index (χ1v) is 9.78. The van der Waals surface area contributed by atoms with Crippen molar-refractivity contribution in [1.29, 1.82) is 0 Å². The van der Waals surface area contributed by atoms with Crippen LogP contribution in [0, 0.1) is 0 Å². The van der Waals surface area contributed by atoms with Crippen LogP contribution in [0.25, 0.3) is 0 Å². The third-order valence-corrected chi connectivity index (χ3v) is 6.42. The maximum atomic E-state index is 12.8. The summed E-state index contributed by atoms with van der Waals surface area (Å²) in [7, 11) is -3.30. The van der Waals surface area contributed by atoms with Gasteiger partial charge < -0.3 is 10.2 Å².